The number of nitrogens with zero attached hydrogens (tertiary/aromatic N) is 2. The number of imidazole rings is 1. The van der Waals surface area contributed by atoms with Crippen molar-refractivity contribution in [2.45, 2.75) is 20.4 Å². The van der Waals surface area contributed by atoms with E-state index >= 15 is 0 Å². The minimum atomic E-state index is -0.217. The van der Waals surface area contributed by atoms with Gasteiger partial charge in [0.1, 0.15) is 5.65 Å². The Labute approximate surface area is 126 Å². The van der Waals surface area contributed by atoms with Crippen molar-refractivity contribution >= 4 is 28.0 Å². The van der Waals surface area contributed by atoms with E-state index in [2.05, 4.69) is 15.6 Å². The smallest absolute Gasteiger partial charge is 0.320 e. The second kappa shape index (κ2) is 5.57. The fraction of sp³-hybridized carbons (Fsp3) is 0.200. The summed E-state index contributed by atoms with van der Waals surface area (Å²) < 4.78 is 1.97. The zero-order valence-electron chi connectivity index (χ0n) is 11.9. The number of carbonyl (C=O) groups excluding carboxylic acids is 1. The van der Waals surface area contributed by atoms with Gasteiger partial charge in [0.2, 0.25) is 0 Å². The summed E-state index contributed by atoms with van der Waals surface area (Å²) in [4.78, 5) is 17.5. The van der Waals surface area contributed by atoms with E-state index in [1.54, 1.807) is 11.3 Å². The van der Waals surface area contributed by atoms with Gasteiger partial charge >= 0.3 is 6.03 Å². The lowest BCUT2D eigenvalue weighted by Crippen LogP contribution is -2.27. The zero-order chi connectivity index (χ0) is 14.8. The maximum Gasteiger partial charge on any atom is 0.320 e. The van der Waals surface area contributed by atoms with Gasteiger partial charge < -0.3 is 9.72 Å². The van der Waals surface area contributed by atoms with Crippen LogP contribution in [0.15, 0.2) is 36.7 Å². The van der Waals surface area contributed by atoms with Gasteiger partial charge in [0, 0.05) is 17.3 Å². The number of fused-ring (bicyclic) bond motifs is 1. The number of rotatable bonds is 3. The Morgan fingerprint density at radius 1 is 1.33 bits per heavy atom. The number of anilines is 1. The molecule has 0 aliphatic heterocycles. The number of aryl methyl sites for hydroxylation is 2. The Morgan fingerprint density at radius 2 is 2.19 bits per heavy atom. The van der Waals surface area contributed by atoms with Gasteiger partial charge in [0.15, 0.2) is 0 Å². The predicted molar refractivity (Wildman–Crippen MR) is 84.8 cm³/mol. The van der Waals surface area contributed by atoms with Gasteiger partial charge in [0.05, 0.1) is 17.2 Å². The molecule has 0 spiro atoms. The third kappa shape index (κ3) is 3.05. The third-order valence-electron chi connectivity index (χ3n) is 3.13. The zero-order valence-corrected chi connectivity index (χ0v) is 12.7. The number of carbonyl (C=O) groups is 1. The molecule has 3 rings (SSSR count). The average Bonchev–Trinajstić information content (AvgIpc) is 3.03. The molecule has 3 heterocycles. The summed E-state index contributed by atoms with van der Waals surface area (Å²) in [5, 5.41) is 6.47. The highest BCUT2D eigenvalue weighted by atomic mass is 32.1. The summed E-state index contributed by atoms with van der Waals surface area (Å²) in [6, 6.07) is 7.66. The van der Waals surface area contributed by atoms with Gasteiger partial charge in [-0.05, 0) is 37.6 Å². The Bertz CT molecular complexity index is 790. The highest BCUT2D eigenvalue weighted by molar-refractivity contribution is 7.16. The molecular formula is C15H16N4OS. The van der Waals surface area contributed by atoms with Crippen LogP contribution in [0, 0.1) is 13.8 Å². The molecule has 21 heavy (non-hydrogen) atoms. The van der Waals surface area contributed by atoms with Gasteiger partial charge in [-0.1, -0.05) is 6.07 Å². The summed E-state index contributed by atoms with van der Waals surface area (Å²) in [6.07, 6.45) is 3.88. The van der Waals surface area contributed by atoms with Crippen LogP contribution >= 0.6 is 11.3 Å². The maximum atomic E-state index is 11.8. The molecule has 0 aliphatic carbocycles. The van der Waals surface area contributed by atoms with Crippen molar-refractivity contribution in [2.75, 3.05) is 5.32 Å². The van der Waals surface area contributed by atoms with Crippen LogP contribution in [0.3, 0.4) is 0 Å². The molecule has 0 aromatic carbocycles. The van der Waals surface area contributed by atoms with Crippen LogP contribution in [0.1, 0.15) is 16.1 Å². The highest BCUT2D eigenvalue weighted by Gasteiger charge is 2.06. The van der Waals surface area contributed by atoms with E-state index in [1.165, 1.54) is 4.88 Å². The Balaban J connectivity index is 1.63. The number of hydrogen-bond donors (Lipinski definition) is 2. The van der Waals surface area contributed by atoms with E-state index in [-0.39, 0.29) is 6.03 Å². The summed E-state index contributed by atoms with van der Waals surface area (Å²) in [5.41, 5.74) is 2.87. The third-order valence-corrected chi connectivity index (χ3v) is 4.05. The van der Waals surface area contributed by atoms with Crippen molar-refractivity contribution in [1.29, 1.82) is 0 Å². The van der Waals surface area contributed by atoms with Crippen LogP contribution in [-0.2, 0) is 6.54 Å². The van der Waals surface area contributed by atoms with Crippen molar-refractivity contribution in [1.82, 2.24) is 14.7 Å². The number of aromatic nitrogens is 2. The Morgan fingerprint density at radius 3 is 2.90 bits per heavy atom. The number of hydrogen-bond acceptors (Lipinski definition) is 3. The molecule has 6 heteroatoms. The Hall–Kier alpha value is -2.34. The van der Waals surface area contributed by atoms with Crippen LogP contribution in [0.4, 0.5) is 9.80 Å². The molecule has 2 amide bonds. The molecule has 0 saturated carbocycles. The van der Waals surface area contributed by atoms with E-state index in [9.17, 15) is 4.79 Å². The monoisotopic (exact) mass is 300 g/mol. The lowest BCUT2D eigenvalue weighted by Gasteiger charge is -2.03. The van der Waals surface area contributed by atoms with Gasteiger partial charge in [0.25, 0.3) is 0 Å². The predicted octanol–water partition coefficient (Wildman–Crippen LogP) is 3.33. The average molecular weight is 300 g/mol. The lowest BCUT2D eigenvalue weighted by molar-refractivity contribution is 0.251. The molecule has 0 aliphatic rings. The van der Waals surface area contributed by atoms with Crippen molar-refractivity contribution in [2.24, 2.45) is 0 Å². The molecule has 5 nitrogen and oxygen atoms in total. The SMILES string of the molecule is Cc1ccc(NC(=O)NCc2cn3cccc(C)c3n2)s1. The first-order valence-electron chi connectivity index (χ1n) is 6.66. The molecule has 3 aromatic rings. The quantitative estimate of drug-likeness (QED) is 0.779. The minimum absolute atomic E-state index is 0.217. The number of urea groups is 1. The molecule has 0 bridgehead atoms. The maximum absolute atomic E-state index is 11.8. The summed E-state index contributed by atoms with van der Waals surface area (Å²) >= 11 is 1.55. The van der Waals surface area contributed by atoms with Gasteiger partial charge in [-0.15, -0.1) is 11.3 Å². The first-order valence-corrected chi connectivity index (χ1v) is 7.48. The van der Waals surface area contributed by atoms with Crippen LogP contribution in [-0.4, -0.2) is 15.4 Å². The minimum Gasteiger partial charge on any atom is -0.332 e. The number of amides is 2. The fourth-order valence-corrected chi connectivity index (χ4v) is 2.88. The number of pyridine rings is 1. The molecule has 0 unspecified atom stereocenters. The van der Waals surface area contributed by atoms with Crippen molar-refractivity contribution in [3.05, 3.63) is 52.8 Å². The first kappa shape index (κ1) is 13.6. The van der Waals surface area contributed by atoms with Crippen LogP contribution < -0.4 is 10.6 Å². The molecule has 2 N–H and O–H groups in total. The second-order valence-corrected chi connectivity index (χ2v) is 6.16. The summed E-state index contributed by atoms with van der Waals surface area (Å²) in [6.45, 7) is 4.43. The Kier molecular flexibility index (Phi) is 3.62. The molecule has 0 fully saturated rings. The number of thiophene rings is 1. The number of nitrogens with one attached hydrogen (secondary N) is 2. The van der Waals surface area contributed by atoms with Crippen molar-refractivity contribution in [3.8, 4) is 0 Å². The molecule has 3 aromatic heterocycles. The van der Waals surface area contributed by atoms with E-state index < -0.39 is 0 Å². The van der Waals surface area contributed by atoms with Crippen LogP contribution in [0.5, 0.6) is 0 Å². The normalized spacial score (nSPS) is 10.8. The van der Waals surface area contributed by atoms with Gasteiger partial charge in [-0.2, -0.15) is 0 Å². The van der Waals surface area contributed by atoms with E-state index in [0.29, 0.717) is 6.54 Å². The van der Waals surface area contributed by atoms with Gasteiger partial charge in [-0.3, -0.25) is 5.32 Å². The van der Waals surface area contributed by atoms with Crippen LogP contribution in [0.2, 0.25) is 0 Å². The molecular weight excluding hydrogens is 284 g/mol. The fourth-order valence-electron chi connectivity index (χ4n) is 2.12. The van der Waals surface area contributed by atoms with E-state index in [0.717, 1.165) is 21.9 Å². The molecule has 0 radical (unpaired) electrons. The van der Waals surface area contributed by atoms with E-state index in [4.69, 9.17) is 0 Å². The van der Waals surface area contributed by atoms with Gasteiger partial charge in [-0.25, -0.2) is 9.78 Å². The van der Waals surface area contributed by atoms with Crippen molar-refractivity contribution in [3.63, 3.8) is 0 Å². The van der Waals surface area contributed by atoms with Crippen LogP contribution in [0.25, 0.3) is 5.65 Å². The van der Waals surface area contributed by atoms with Crippen molar-refractivity contribution < 1.29 is 4.79 Å². The molecule has 0 atom stereocenters. The molecule has 0 saturated heterocycles. The highest BCUT2D eigenvalue weighted by Crippen LogP contribution is 2.20. The van der Waals surface area contributed by atoms with E-state index in [1.807, 2.05) is 54.9 Å². The summed E-state index contributed by atoms with van der Waals surface area (Å²) in [7, 11) is 0. The lowest BCUT2D eigenvalue weighted by atomic mass is 10.3. The molecule has 108 valence electrons. The standard InChI is InChI=1S/C15H16N4OS/c1-10-4-3-7-19-9-12(17-14(10)19)8-16-15(20)18-13-6-5-11(2)21-13/h3-7,9H,8H2,1-2H3,(H2,16,18,20). The summed E-state index contributed by atoms with van der Waals surface area (Å²) in [5.74, 6) is 0. The first-order chi connectivity index (χ1) is 10.1. The largest absolute Gasteiger partial charge is 0.332 e. The topological polar surface area (TPSA) is 58.4 Å². The second-order valence-electron chi connectivity index (χ2n) is 4.87.